The highest BCUT2D eigenvalue weighted by Crippen LogP contribution is 2.17. The topological polar surface area (TPSA) is 21.7 Å². The van der Waals surface area contributed by atoms with Gasteiger partial charge in [0.2, 0.25) is 0 Å². The van der Waals surface area contributed by atoms with Gasteiger partial charge < -0.3 is 14.4 Å². The molecule has 0 atom stereocenters. The molecule has 0 rings (SSSR count). The Kier molecular flexibility index (Phi) is 39.0. The molecule has 0 amide bonds. The van der Waals surface area contributed by atoms with Crippen molar-refractivity contribution in [1.29, 1.82) is 0 Å². The van der Waals surface area contributed by atoms with Crippen LogP contribution in [-0.2, 0) is 9.47 Å². The molecule has 0 aliphatic heterocycles. The molecule has 0 radical (unpaired) electrons. The van der Waals surface area contributed by atoms with Crippen LogP contribution < -0.4 is 0 Å². The van der Waals surface area contributed by atoms with E-state index in [1.807, 2.05) is 0 Å². The number of allylic oxidation sites excluding steroid dienone is 8. The van der Waals surface area contributed by atoms with Crippen LogP contribution in [0.15, 0.2) is 48.6 Å². The van der Waals surface area contributed by atoms with Gasteiger partial charge in [0, 0.05) is 6.54 Å². The highest BCUT2D eigenvalue weighted by Gasteiger charge is 2.09. The Balaban J connectivity index is 3.93. The molecule has 0 bridgehead atoms. The van der Waals surface area contributed by atoms with Crippen molar-refractivity contribution in [1.82, 2.24) is 4.90 Å². The smallest absolute Gasteiger partial charge is 0.0704 e. The van der Waals surface area contributed by atoms with Crippen LogP contribution in [0.25, 0.3) is 0 Å². The fourth-order valence-electron chi connectivity index (χ4n) is 5.65. The molecule has 3 heteroatoms. The van der Waals surface area contributed by atoms with Gasteiger partial charge in [0.05, 0.1) is 25.9 Å². The molecular weight excluding hydrogens is 562 g/mol. The van der Waals surface area contributed by atoms with E-state index in [9.17, 15) is 0 Å². The number of rotatable bonds is 37. The maximum atomic E-state index is 6.33. The van der Waals surface area contributed by atoms with E-state index in [0.717, 1.165) is 39.2 Å². The SMILES string of the molecule is CCCCC/C=C\C/C=C\CCCCCCCCC(CCCCCCCC/C=C\C/C=C\CCCCC)OCCOCCN(C)C. The van der Waals surface area contributed by atoms with E-state index in [2.05, 4.69) is 81.5 Å². The van der Waals surface area contributed by atoms with E-state index in [4.69, 9.17) is 9.47 Å². The van der Waals surface area contributed by atoms with Gasteiger partial charge in [0.15, 0.2) is 0 Å². The molecule has 0 spiro atoms. The molecular formula is C43H81NO2. The molecule has 0 aromatic heterocycles. The van der Waals surface area contributed by atoms with Gasteiger partial charge >= 0.3 is 0 Å². The molecule has 0 heterocycles. The van der Waals surface area contributed by atoms with Gasteiger partial charge in [-0.1, -0.05) is 152 Å². The normalized spacial score (nSPS) is 12.6. The third-order valence-electron chi connectivity index (χ3n) is 8.72. The summed E-state index contributed by atoms with van der Waals surface area (Å²) >= 11 is 0. The van der Waals surface area contributed by atoms with E-state index in [1.165, 1.54) is 154 Å². The predicted molar refractivity (Wildman–Crippen MR) is 207 cm³/mol. The lowest BCUT2D eigenvalue weighted by molar-refractivity contribution is -0.00601. The summed E-state index contributed by atoms with van der Waals surface area (Å²) in [5.74, 6) is 0. The van der Waals surface area contributed by atoms with Crippen molar-refractivity contribution in [2.24, 2.45) is 0 Å². The van der Waals surface area contributed by atoms with Crippen LogP contribution in [-0.4, -0.2) is 51.5 Å². The van der Waals surface area contributed by atoms with E-state index in [0.29, 0.717) is 6.10 Å². The minimum atomic E-state index is 0.411. The van der Waals surface area contributed by atoms with Crippen molar-refractivity contribution in [2.75, 3.05) is 40.5 Å². The van der Waals surface area contributed by atoms with Gasteiger partial charge in [-0.2, -0.15) is 0 Å². The third kappa shape index (κ3) is 39.0. The minimum absolute atomic E-state index is 0.411. The second-order valence-corrected chi connectivity index (χ2v) is 13.7. The monoisotopic (exact) mass is 644 g/mol. The zero-order valence-corrected chi connectivity index (χ0v) is 31.7. The van der Waals surface area contributed by atoms with Crippen molar-refractivity contribution < 1.29 is 9.47 Å². The highest BCUT2D eigenvalue weighted by atomic mass is 16.5. The number of likely N-dealkylation sites (N-methyl/N-ethyl adjacent to an activating group) is 1. The van der Waals surface area contributed by atoms with Crippen LogP contribution in [0.5, 0.6) is 0 Å². The summed E-state index contributed by atoms with van der Waals surface area (Å²) in [6.45, 7) is 7.76. The average Bonchev–Trinajstić information content (AvgIpc) is 3.05. The van der Waals surface area contributed by atoms with Gasteiger partial charge in [0.25, 0.3) is 0 Å². The van der Waals surface area contributed by atoms with Gasteiger partial charge in [-0.15, -0.1) is 0 Å². The first kappa shape index (κ1) is 44.8. The quantitative estimate of drug-likeness (QED) is 0.0496. The molecule has 0 saturated heterocycles. The van der Waals surface area contributed by atoms with Gasteiger partial charge in [-0.05, 0) is 91.1 Å². The predicted octanol–water partition coefficient (Wildman–Crippen LogP) is 13.4. The molecule has 3 nitrogen and oxygen atoms in total. The molecule has 0 aromatic carbocycles. The molecule has 0 saturated carbocycles. The summed E-state index contributed by atoms with van der Waals surface area (Å²) in [6.07, 6.45) is 53.1. The fourth-order valence-corrected chi connectivity index (χ4v) is 5.65. The van der Waals surface area contributed by atoms with Crippen LogP contribution in [0.2, 0.25) is 0 Å². The Labute approximate surface area is 289 Å². The largest absolute Gasteiger partial charge is 0.378 e. The van der Waals surface area contributed by atoms with Crippen molar-refractivity contribution in [2.45, 2.75) is 187 Å². The summed E-state index contributed by atoms with van der Waals surface area (Å²) in [6, 6.07) is 0. The van der Waals surface area contributed by atoms with E-state index < -0.39 is 0 Å². The molecule has 46 heavy (non-hydrogen) atoms. The lowest BCUT2D eigenvalue weighted by Crippen LogP contribution is -2.21. The van der Waals surface area contributed by atoms with Crippen LogP contribution in [0.1, 0.15) is 181 Å². The summed E-state index contributed by atoms with van der Waals surface area (Å²) in [5.41, 5.74) is 0. The first-order chi connectivity index (χ1) is 22.7. The summed E-state index contributed by atoms with van der Waals surface area (Å²) in [7, 11) is 4.19. The molecule has 0 aromatic rings. The van der Waals surface area contributed by atoms with Gasteiger partial charge in [-0.25, -0.2) is 0 Å². The zero-order chi connectivity index (χ0) is 33.4. The van der Waals surface area contributed by atoms with E-state index in [-0.39, 0.29) is 0 Å². The Morgan fingerprint density at radius 2 is 0.826 bits per heavy atom. The Hall–Kier alpha value is -1.16. The lowest BCUT2D eigenvalue weighted by atomic mass is 10.0. The summed E-state index contributed by atoms with van der Waals surface area (Å²) in [4.78, 5) is 2.17. The average molecular weight is 644 g/mol. The van der Waals surface area contributed by atoms with Crippen molar-refractivity contribution >= 4 is 0 Å². The van der Waals surface area contributed by atoms with Crippen molar-refractivity contribution in [3.63, 3.8) is 0 Å². The Morgan fingerprint density at radius 1 is 0.435 bits per heavy atom. The second kappa shape index (κ2) is 40.0. The fraction of sp³-hybridized carbons (Fsp3) is 0.814. The summed E-state index contributed by atoms with van der Waals surface area (Å²) < 4.78 is 12.1. The summed E-state index contributed by atoms with van der Waals surface area (Å²) in [5, 5.41) is 0. The number of unbranched alkanes of at least 4 members (excludes halogenated alkanes) is 18. The zero-order valence-electron chi connectivity index (χ0n) is 31.7. The van der Waals surface area contributed by atoms with Crippen molar-refractivity contribution in [3.05, 3.63) is 48.6 Å². The molecule has 0 N–H and O–H groups in total. The molecule has 0 aliphatic carbocycles. The Bertz CT molecular complexity index is 632. The highest BCUT2D eigenvalue weighted by molar-refractivity contribution is 4.93. The Morgan fingerprint density at radius 3 is 1.24 bits per heavy atom. The number of nitrogens with zero attached hydrogens (tertiary/aromatic N) is 1. The van der Waals surface area contributed by atoms with Crippen LogP contribution >= 0.6 is 0 Å². The van der Waals surface area contributed by atoms with Crippen LogP contribution in [0.4, 0.5) is 0 Å². The van der Waals surface area contributed by atoms with Crippen LogP contribution in [0, 0.1) is 0 Å². The third-order valence-corrected chi connectivity index (χ3v) is 8.72. The second-order valence-electron chi connectivity index (χ2n) is 13.7. The maximum absolute atomic E-state index is 6.33. The lowest BCUT2D eigenvalue weighted by Gasteiger charge is -2.18. The van der Waals surface area contributed by atoms with E-state index in [1.54, 1.807) is 0 Å². The standard InChI is InChI=1S/C43H81NO2/c1-5-7-9-11-13-15-17-19-21-23-25-27-29-31-33-35-37-43(46-42-41-45-40-39-44(3)4)38-36-34-32-30-28-26-24-22-20-18-16-14-12-10-8-6-2/h13-16,19-22,43H,5-12,17-18,23-42H2,1-4H3/b15-13-,16-14-,21-19-,22-20-. The minimum Gasteiger partial charge on any atom is -0.378 e. The number of hydrogen-bond acceptors (Lipinski definition) is 3. The maximum Gasteiger partial charge on any atom is 0.0704 e. The first-order valence-corrected chi connectivity index (χ1v) is 20.1. The molecule has 270 valence electrons. The van der Waals surface area contributed by atoms with E-state index >= 15 is 0 Å². The molecule has 0 fully saturated rings. The molecule has 0 unspecified atom stereocenters. The van der Waals surface area contributed by atoms with Crippen molar-refractivity contribution in [3.8, 4) is 0 Å². The van der Waals surface area contributed by atoms with Gasteiger partial charge in [0.1, 0.15) is 0 Å². The number of hydrogen-bond donors (Lipinski definition) is 0. The first-order valence-electron chi connectivity index (χ1n) is 20.1. The molecule has 0 aliphatic rings. The van der Waals surface area contributed by atoms with Crippen LogP contribution in [0.3, 0.4) is 0 Å². The van der Waals surface area contributed by atoms with Gasteiger partial charge in [-0.3, -0.25) is 0 Å². The number of ether oxygens (including phenoxy) is 2.